The number of hydrogen-bond donors (Lipinski definition) is 2. The Bertz CT molecular complexity index is 1900. The van der Waals surface area contributed by atoms with Crippen LogP contribution in [0.1, 0.15) is 93.9 Å². The van der Waals surface area contributed by atoms with Crippen LogP contribution < -0.4 is 44.3 Å². The zero-order chi connectivity index (χ0) is 33.6. The molecule has 2 N–H and O–H groups in total. The lowest BCUT2D eigenvalue weighted by Crippen LogP contribution is -2.89. The van der Waals surface area contributed by atoms with Crippen molar-refractivity contribution in [2.24, 2.45) is 0 Å². The van der Waals surface area contributed by atoms with E-state index in [9.17, 15) is 4.79 Å². The number of rotatable bonds is 5. The highest BCUT2D eigenvalue weighted by molar-refractivity contribution is 6.00. The van der Waals surface area contributed by atoms with Gasteiger partial charge >= 0.3 is 5.97 Å². The molecule has 0 saturated heterocycles. The van der Waals surface area contributed by atoms with E-state index < -0.39 is 10.2 Å². The molecular weight excluding hydrogens is 608 g/mol. The number of fused-ring (bicyclic) bond motifs is 4. The van der Waals surface area contributed by atoms with E-state index in [1.54, 1.807) is 0 Å². The molecule has 0 fully saturated rings. The summed E-state index contributed by atoms with van der Waals surface area (Å²) in [6.45, 7) is 15.5. The Hall–Kier alpha value is -3.99. The van der Waals surface area contributed by atoms with Crippen LogP contribution in [0.4, 0.5) is 5.69 Å². The van der Waals surface area contributed by atoms with Crippen molar-refractivity contribution in [1.29, 1.82) is 0 Å². The summed E-state index contributed by atoms with van der Waals surface area (Å²) in [4.78, 5) is 17.1. The second-order valence-corrected chi connectivity index (χ2v) is 13.8. The number of unbranched alkanes of at least 4 members (excludes halogenated alkanes) is 1. The van der Waals surface area contributed by atoms with Gasteiger partial charge in [0.25, 0.3) is 0 Å². The first-order valence-electron chi connectivity index (χ1n) is 15.2. The molecule has 3 aromatic carbocycles. The normalized spacial score (nSPS) is 16.7. The second-order valence-electron chi connectivity index (χ2n) is 13.0. The first-order valence-corrected chi connectivity index (χ1v) is 16.5. The van der Waals surface area contributed by atoms with Gasteiger partial charge in [0.1, 0.15) is 11.5 Å². The minimum Gasteiger partial charge on any atom is -0.462 e. The molecule has 0 radical (unpaired) electrons. The Morgan fingerprint density at radius 3 is 2.26 bits per heavy atom. The predicted octanol–water partition coefficient (Wildman–Crippen LogP) is 0.744. The van der Waals surface area contributed by atoms with Crippen LogP contribution in [-0.2, 0) is 4.74 Å². The zero-order valence-corrected chi connectivity index (χ0v) is 27.9. The van der Waals surface area contributed by atoms with Crippen molar-refractivity contribution in [2.45, 2.75) is 72.4 Å². The third-order valence-corrected chi connectivity index (χ3v) is 8.06. The number of benzene rings is 3. The van der Waals surface area contributed by atoms with Crippen molar-refractivity contribution < 1.29 is 48.1 Å². The molecule has 10 heteroatoms. The van der Waals surface area contributed by atoms with E-state index in [0.717, 1.165) is 68.4 Å². The lowest BCUT2D eigenvalue weighted by Gasteiger charge is -2.33. The smallest absolute Gasteiger partial charge is 0.338 e. The van der Waals surface area contributed by atoms with Crippen molar-refractivity contribution in [3.8, 4) is 11.5 Å². The summed E-state index contributed by atoms with van der Waals surface area (Å²) in [5.41, 5.74) is 8.73. The Kier molecular flexibility index (Phi) is 8.94. The average Bonchev–Trinajstić information content (AvgIpc) is 2.92. The molecule has 0 saturated carbocycles. The molecule has 0 aromatic heterocycles. The van der Waals surface area contributed by atoms with Gasteiger partial charge < -0.3 is 14.8 Å². The molecule has 242 valence electrons. The van der Waals surface area contributed by atoms with E-state index in [1.165, 1.54) is 11.1 Å². The Morgan fingerprint density at radius 1 is 0.891 bits per heavy atom. The number of nitrogens with one attached hydrogen (secondary N) is 2. The van der Waals surface area contributed by atoms with E-state index >= 15 is 0 Å². The summed E-state index contributed by atoms with van der Waals surface area (Å²) < 4.78 is 46.4. The van der Waals surface area contributed by atoms with Gasteiger partial charge in [-0.15, -0.1) is 10.2 Å². The standard InChI is InChI=1S/C36H38N2O3.ClHO4/c1-8-9-14-40-34(39)24-13-11-10-12-23(24)33-27-15-25-21(2)19-35(4,5)37-29(25)17-31(27)41-32-18-30-26(16-28(32)33)22(3)20-36(6,7)38-30;2-1(3,4)5/h10-13,15-20,37H,8-9,14H2,1-7H3;(H,2,3,4,5). The van der Waals surface area contributed by atoms with Crippen LogP contribution in [0.5, 0.6) is 11.5 Å². The monoisotopic (exact) mass is 646 g/mol. The molecule has 0 unspecified atom stereocenters. The highest BCUT2D eigenvalue weighted by Crippen LogP contribution is 2.44. The minimum absolute atomic E-state index is 0.169. The van der Waals surface area contributed by atoms with Crippen molar-refractivity contribution in [2.75, 3.05) is 11.9 Å². The molecule has 6 rings (SSSR count). The fraction of sp³-hybridized carbons (Fsp3) is 0.333. The average molecular weight is 647 g/mol. The minimum atomic E-state index is -4.94. The number of esters is 1. The van der Waals surface area contributed by atoms with Crippen molar-refractivity contribution in [3.63, 3.8) is 0 Å². The number of carbonyl (C=O) groups is 1. The zero-order valence-electron chi connectivity index (χ0n) is 27.1. The van der Waals surface area contributed by atoms with Crippen LogP contribution in [0, 0.1) is 10.2 Å². The molecule has 0 amide bonds. The molecule has 0 spiro atoms. The van der Waals surface area contributed by atoms with Crippen molar-refractivity contribution >= 4 is 28.4 Å². The lowest BCUT2D eigenvalue weighted by molar-refractivity contribution is -2.00. The fourth-order valence-electron chi connectivity index (χ4n) is 6.40. The van der Waals surface area contributed by atoms with Crippen LogP contribution >= 0.6 is 0 Å². The molecule has 0 bridgehead atoms. The van der Waals surface area contributed by atoms with Crippen molar-refractivity contribution in [3.05, 3.63) is 99.1 Å². The number of hydrogen-bond acceptors (Lipinski definition) is 8. The Balaban J connectivity index is 0.000000775. The molecule has 3 heterocycles. The maximum Gasteiger partial charge on any atom is 0.338 e. The van der Waals surface area contributed by atoms with Gasteiger partial charge in [-0.1, -0.05) is 37.6 Å². The van der Waals surface area contributed by atoms with Gasteiger partial charge in [-0.2, -0.15) is 0 Å². The van der Waals surface area contributed by atoms with E-state index in [4.69, 9.17) is 28.1 Å². The molecule has 3 aliphatic heterocycles. The third-order valence-electron chi connectivity index (χ3n) is 8.06. The van der Waals surface area contributed by atoms with Gasteiger partial charge in [0.05, 0.1) is 23.8 Å². The molecule has 9 nitrogen and oxygen atoms in total. The van der Waals surface area contributed by atoms with E-state index in [2.05, 4.69) is 95.2 Å². The van der Waals surface area contributed by atoms with Crippen LogP contribution in [0.3, 0.4) is 0 Å². The summed E-state index contributed by atoms with van der Waals surface area (Å²) in [7, 11) is -4.94. The molecule has 0 atom stereocenters. The lowest BCUT2D eigenvalue weighted by atomic mass is 9.84. The first-order chi connectivity index (χ1) is 21.5. The maximum absolute atomic E-state index is 13.4. The Morgan fingerprint density at radius 2 is 1.57 bits per heavy atom. The molecule has 0 aliphatic carbocycles. The number of ether oxygens (including phenoxy) is 2. The number of anilines is 1. The SMILES string of the molecule is CCCCOC(=O)c1ccccc1C1=c2cc3c(cc2Oc2cc4c(cc21)C(C)=CC(C)(C)N4)=[NH+]C(C)(C)C=C3C.[O-][Cl+3]([O-])([O-])[O-]. The van der Waals surface area contributed by atoms with Crippen LogP contribution in [-0.4, -0.2) is 23.7 Å². The van der Waals surface area contributed by atoms with Gasteiger partial charge in [-0.25, -0.2) is 28.4 Å². The van der Waals surface area contributed by atoms with Crippen molar-refractivity contribution in [1.82, 2.24) is 0 Å². The summed E-state index contributed by atoms with van der Waals surface area (Å²) in [5, 5.41) is 5.66. The van der Waals surface area contributed by atoms with Crippen LogP contribution in [0.2, 0.25) is 0 Å². The number of carbonyl (C=O) groups excluding carboxylic acids is 1. The summed E-state index contributed by atoms with van der Waals surface area (Å²) in [6.07, 6.45) is 6.33. The van der Waals surface area contributed by atoms with Crippen LogP contribution in [0.15, 0.2) is 60.7 Å². The molecular formula is C36H39ClN2O7. The van der Waals surface area contributed by atoms with Gasteiger partial charge in [-0.3, -0.25) is 0 Å². The highest BCUT2D eigenvalue weighted by Gasteiger charge is 2.31. The predicted molar refractivity (Wildman–Crippen MR) is 165 cm³/mol. The Labute approximate surface area is 271 Å². The largest absolute Gasteiger partial charge is 0.462 e. The summed E-state index contributed by atoms with van der Waals surface area (Å²) >= 11 is 0. The molecule has 3 aliphatic rings. The van der Waals surface area contributed by atoms with E-state index in [1.807, 2.05) is 24.3 Å². The fourth-order valence-corrected chi connectivity index (χ4v) is 6.40. The quantitative estimate of drug-likeness (QED) is 0.238. The second kappa shape index (κ2) is 12.3. The first kappa shape index (κ1) is 33.4. The van der Waals surface area contributed by atoms with Crippen LogP contribution in [0.25, 0.3) is 16.7 Å². The topological polar surface area (TPSA) is 154 Å². The highest BCUT2D eigenvalue weighted by atomic mass is 35.7. The van der Waals surface area contributed by atoms with E-state index in [-0.39, 0.29) is 17.0 Å². The number of allylic oxidation sites excluding steroid dienone is 2. The molecule has 3 aromatic rings. The maximum atomic E-state index is 13.4. The van der Waals surface area contributed by atoms with Gasteiger partial charge in [0, 0.05) is 53.1 Å². The number of halogens is 1. The summed E-state index contributed by atoms with van der Waals surface area (Å²) in [5.74, 6) is 1.23. The van der Waals surface area contributed by atoms with Gasteiger partial charge in [0.2, 0.25) is 5.36 Å². The third kappa shape index (κ3) is 7.19. The van der Waals surface area contributed by atoms with Gasteiger partial charge in [-0.05, 0) is 75.1 Å². The summed E-state index contributed by atoms with van der Waals surface area (Å²) in [6, 6.07) is 16.4. The van der Waals surface area contributed by atoms with Gasteiger partial charge in [0.15, 0.2) is 5.54 Å². The van der Waals surface area contributed by atoms with E-state index in [0.29, 0.717) is 12.2 Å². The molecule has 46 heavy (non-hydrogen) atoms.